The van der Waals surface area contributed by atoms with E-state index >= 15 is 0 Å². The molecule has 0 saturated carbocycles. The van der Waals surface area contributed by atoms with Crippen molar-refractivity contribution < 1.29 is 9.59 Å². The molecule has 1 aliphatic heterocycles. The minimum Gasteiger partial charge on any atom is -0.353 e. The smallest absolute Gasteiger partial charge is 0.227 e. The Kier molecular flexibility index (Phi) is 3.13. The van der Waals surface area contributed by atoms with Crippen LogP contribution in [0.2, 0.25) is 0 Å². The molecule has 1 N–H and O–H groups in total. The molecular formula is C10H18N2O2. The van der Waals surface area contributed by atoms with Gasteiger partial charge in [-0.3, -0.25) is 9.59 Å². The molecule has 0 aromatic heterocycles. The molecule has 0 spiro atoms. The van der Waals surface area contributed by atoms with Gasteiger partial charge in [-0.25, -0.2) is 0 Å². The van der Waals surface area contributed by atoms with Crippen LogP contribution in [0.5, 0.6) is 0 Å². The first kappa shape index (κ1) is 11.0. The third-order valence-electron chi connectivity index (χ3n) is 2.96. The van der Waals surface area contributed by atoms with Gasteiger partial charge in [-0.15, -0.1) is 0 Å². The van der Waals surface area contributed by atoms with Gasteiger partial charge in [0.2, 0.25) is 11.8 Å². The lowest BCUT2D eigenvalue weighted by Crippen LogP contribution is -2.40. The van der Waals surface area contributed by atoms with Gasteiger partial charge in [-0.1, -0.05) is 0 Å². The van der Waals surface area contributed by atoms with Crippen molar-refractivity contribution in [3.63, 3.8) is 0 Å². The van der Waals surface area contributed by atoms with E-state index < -0.39 is 0 Å². The number of rotatable bonds is 2. The predicted octanol–water partition coefficient (Wildman–Crippen LogP) is 0.378. The SMILES string of the molecule is CC(=O)N[C@H](C)C1CC(C)N(C)C1=O. The molecule has 0 bridgehead atoms. The second kappa shape index (κ2) is 3.98. The van der Waals surface area contributed by atoms with Gasteiger partial charge in [0.15, 0.2) is 0 Å². The Hall–Kier alpha value is -1.06. The Balaban J connectivity index is 2.62. The number of hydrogen-bond donors (Lipinski definition) is 1. The minimum absolute atomic E-state index is 0.0566. The summed E-state index contributed by atoms with van der Waals surface area (Å²) in [4.78, 5) is 24.3. The van der Waals surface area contributed by atoms with Crippen LogP contribution in [0.3, 0.4) is 0 Å². The molecule has 2 amide bonds. The second-order valence-electron chi connectivity index (χ2n) is 4.13. The van der Waals surface area contributed by atoms with Crippen LogP contribution in [-0.2, 0) is 9.59 Å². The summed E-state index contributed by atoms with van der Waals surface area (Å²) in [6, 6.07) is 0.219. The van der Waals surface area contributed by atoms with Crippen LogP contribution in [0.15, 0.2) is 0 Å². The molecule has 4 heteroatoms. The maximum atomic E-state index is 11.7. The average molecular weight is 198 g/mol. The topological polar surface area (TPSA) is 49.4 Å². The third-order valence-corrected chi connectivity index (χ3v) is 2.96. The van der Waals surface area contributed by atoms with E-state index in [2.05, 4.69) is 5.32 Å². The number of carbonyl (C=O) groups is 2. The molecule has 1 heterocycles. The molecule has 14 heavy (non-hydrogen) atoms. The lowest BCUT2D eigenvalue weighted by molar-refractivity contribution is -0.131. The zero-order valence-electron chi connectivity index (χ0n) is 9.20. The van der Waals surface area contributed by atoms with Crippen molar-refractivity contribution in [1.29, 1.82) is 0 Å². The molecule has 3 atom stereocenters. The first-order chi connectivity index (χ1) is 6.43. The summed E-state index contributed by atoms with van der Waals surface area (Å²) in [6.07, 6.45) is 0.830. The molecule has 1 aliphatic rings. The van der Waals surface area contributed by atoms with Crippen molar-refractivity contribution in [2.24, 2.45) is 5.92 Å². The first-order valence-electron chi connectivity index (χ1n) is 4.97. The first-order valence-corrected chi connectivity index (χ1v) is 4.97. The summed E-state index contributed by atoms with van der Waals surface area (Å²) in [5.41, 5.74) is 0. The van der Waals surface area contributed by atoms with Crippen LogP contribution in [0, 0.1) is 5.92 Å². The normalized spacial score (nSPS) is 29.1. The highest BCUT2D eigenvalue weighted by atomic mass is 16.2. The van der Waals surface area contributed by atoms with E-state index in [9.17, 15) is 9.59 Å². The van der Waals surface area contributed by atoms with Crippen LogP contribution in [0.4, 0.5) is 0 Å². The molecule has 4 nitrogen and oxygen atoms in total. The van der Waals surface area contributed by atoms with Gasteiger partial charge >= 0.3 is 0 Å². The van der Waals surface area contributed by atoms with Crippen molar-refractivity contribution >= 4 is 11.8 Å². The standard InChI is InChI=1S/C10H18N2O2/c1-6-5-9(10(14)12(6)4)7(2)11-8(3)13/h6-7,9H,5H2,1-4H3,(H,11,13)/t6?,7-,9?/m1/s1. The fourth-order valence-corrected chi connectivity index (χ4v) is 1.94. The molecule has 1 fully saturated rings. The quantitative estimate of drug-likeness (QED) is 0.697. The van der Waals surface area contributed by atoms with E-state index in [4.69, 9.17) is 0 Å². The van der Waals surface area contributed by atoms with Crippen molar-refractivity contribution in [3.05, 3.63) is 0 Å². The van der Waals surface area contributed by atoms with Gasteiger partial charge in [0.05, 0.1) is 5.92 Å². The van der Waals surface area contributed by atoms with E-state index in [1.165, 1.54) is 6.92 Å². The number of amides is 2. The Morgan fingerprint density at radius 3 is 2.57 bits per heavy atom. The Morgan fingerprint density at radius 2 is 2.21 bits per heavy atom. The molecule has 0 aromatic rings. The summed E-state index contributed by atoms with van der Waals surface area (Å²) in [5.74, 6) is 0.00477. The zero-order valence-corrected chi connectivity index (χ0v) is 9.20. The molecule has 80 valence electrons. The number of nitrogens with zero attached hydrogens (tertiary/aromatic N) is 1. The van der Waals surface area contributed by atoms with Gasteiger partial charge in [0.1, 0.15) is 0 Å². The Labute approximate surface area is 84.7 Å². The largest absolute Gasteiger partial charge is 0.353 e. The van der Waals surface area contributed by atoms with E-state index in [-0.39, 0.29) is 29.8 Å². The molecule has 1 saturated heterocycles. The van der Waals surface area contributed by atoms with Crippen molar-refractivity contribution in [1.82, 2.24) is 10.2 Å². The second-order valence-corrected chi connectivity index (χ2v) is 4.13. The summed E-state index contributed by atoms with van der Waals surface area (Å²) in [6.45, 7) is 5.39. The Morgan fingerprint density at radius 1 is 1.64 bits per heavy atom. The summed E-state index contributed by atoms with van der Waals surface area (Å²) >= 11 is 0. The number of nitrogens with one attached hydrogen (secondary N) is 1. The van der Waals surface area contributed by atoms with Gasteiger partial charge < -0.3 is 10.2 Å². The lowest BCUT2D eigenvalue weighted by atomic mass is 9.98. The maximum absolute atomic E-state index is 11.7. The highest BCUT2D eigenvalue weighted by Crippen LogP contribution is 2.25. The summed E-state index contributed by atoms with van der Waals surface area (Å²) in [5, 5.41) is 2.77. The number of likely N-dealkylation sites (tertiary alicyclic amines) is 1. The van der Waals surface area contributed by atoms with Gasteiger partial charge in [-0.2, -0.15) is 0 Å². The van der Waals surface area contributed by atoms with Gasteiger partial charge in [0, 0.05) is 26.1 Å². The third kappa shape index (κ3) is 2.05. The van der Waals surface area contributed by atoms with Crippen LogP contribution in [0.1, 0.15) is 27.2 Å². The molecule has 0 aliphatic carbocycles. The summed E-state index contributed by atoms with van der Waals surface area (Å²) < 4.78 is 0. The molecule has 0 aromatic carbocycles. The van der Waals surface area contributed by atoms with Crippen LogP contribution in [-0.4, -0.2) is 35.8 Å². The molecule has 0 radical (unpaired) electrons. The summed E-state index contributed by atoms with van der Waals surface area (Å²) in [7, 11) is 1.81. The van der Waals surface area contributed by atoms with E-state index in [0.717, 1.165) is 6.42 Å². The molecular weight excluding hydrogens is 180 g/mol. The van der Waals surface area contributed by atoms with Crippen molar-refractivity contribution in [2.75, 3.05) is 7.05 Å². The highest BCUT2D eigenvalue weighted by Gasteiger charge is 2.37. The van der Waals surface area contributed by atoms with Crippen molar-refractivity contribution in [2.45, 2.75) is 39.3 Å². The predicted molar refractivity (Wildman–Crippen MR) is 53.6 cm³/mol. The number of hydrogen-bond acceptors (Lipinski definition) is 2. The zero-order chi connectivity index (χ0) is 10.9. The monoisotopic (exact) mass is 198 g/mol. The Bertz CT molecular complexity index is 253. The van der Waals surface area contributed by atoms with Crippen LogP contribution < -0.4 is 5.32 Å². The minimum atomic E-state index is -0.0764. The maximum Gasteiger partial charge on any atom is 0.227 e. The fraction of sp³-hybridized carbons (Fsp3) is 0.800. The van der Waals surface area contributed by atoms with Crippen LogP contribution in [0.25, 0.3) is 0 Å². The fourth-order valence-electron chi connectivity index (χ4n) is 1.94. The van der Waals surface area contributed by atoms with Crippen molar-refractivity contribution in [3.8, 4) is 0 Å². The van der Waals surface area contributed by atoms with Gasteiger partial charge in [0.25, 0.3) is 0 Å². The van der Waals surface area contributed by atoms with Crippen LogP contribution >= 0.6 is 0 Å². The van der Waals surface area contributed by atoms with Gasteiger partial charge in [-0.05, 0) is 20.3 Å². The lowest BCUT2D eigenvalue weighted by Gasteiger charge is -2.18. The molecule has 1 rings (SSSR count). The highest BCUT2D eigenvalue weighted by molar-refractivity contribution is 5.83. The number of carbonyl (C=O) groups excluding carboxylic acids is 2. The van der Waals surface area contributed by atoms with E-state index in [0.29, 0.717) is 0 Å². The van der Waals surface area contributed by atoms with E-state index in [1.54, 1.807) is 4.90 Å². The average Bonchev–Trinajstić information content (AvgIpc) is 2.32. The molecule has 2 unspecified atom stereocenters. The van der Waals surface area contributed by atoms with E-state index in [1.807, 2.05) is 20.9 Å².